The molecule has 0 saturated carbocycles. The van der Waals surface area contributed by atoms with Crippen molar-refractivity contribution >= 4 is 0 Å². The third-order valence-corrected chi connectivity index (χ3v) is 4.14. The lowest BCUT2D eigenvalue weighted by Crippen LogP contribution is -2.32. The van der Waals surface area contributed by atoms with E-state index in [0.29, 0.717) is 18.4 Å². The van der Waals surface area contributed by atoms with Crippen molar-refractivity contribution in [3.63, 3.8) is 0 Å². The number of H-pyrrole nitrogens is 1. The van der Waals surface area contributed by atoms with Gasteiger partial charge >= 0.3 is 0 Å². The van der Waals surface area contributed by atoms with Crippen LogP contribution < -0.4 is 5.56 Å². The molecule has 3 heterocycles. The van der Waals surface area contributed by atoms with Crippen LogP contribution in [-0.2, 0) is 26.1 Å². The minimum Gasteiger partial charge on any atom is -0.333 e. The molecule has 2 aromatic rings. The number of rotatable bonds is 4. The van der Waals surface area contributed by atoms with Gasteiger partial charge < -0.3 is 9.55 Å². The van der Waals surface area contributed by atoms with Crippen LogP contribution in [0.5, 0.6) is 0 Å². The molecule has 3 rings (SSSR count). The van der Waals surface area contributed by atoms with Crippen molar-refractivity contribution in [3.8, 4) is 0 Å². The van der Waals surface area contributed by atoms with Gasteiger partial charge in [-0.1, -0.05) is 6.92 Å². The molecule has 6 nitrogen and oxygen atoms in total. The molecule has 1 aliphatic rings. The Bertz CT molecular complexity index is 702. The van der Waals surface area contributed by atoms with Crippen molar-refractivity contribution < 1.29 is 0 Å². The Balaban J connectivity index is 1.75. The van der Waals surface area contributed by atoms with E-state index in [1.807, 2.05) is 19.3 Å². The highest BCUT2D eigenvalue weighted by molar-refractivity contribution is 5.22. The molecule has 1 atom stereocenters. The standard InChI is InChI=1S/C15H21N5O/c1-4-14-16-5-6-19(14)7-10(2)20-8-12-13(9-20)17-11(3)18-15(12)21/h5-6,10H,4,7-9H2,1-3H3,(H,17,18,21). The van der Waals surface area contributed by atoms with Crippen LogP contribution in [0, 0.1) is 6.92 Å². The van der Waals surface area contributed by atoms with Crippen LogP contribution >= 0.6 is 0 Å². The van der Waals surface area contributed by atoms with E-state index in [0.717, 1.165) is 36.6 Å². The summed E-state index contributed by atoms with van der Waals surface area (Å²) in [5.74, 6) is 1.79. The minimum atomic E-state index is 0.00378. The zero-order valence-corrected chi connectivity index (χ0v) is 12.8. The highest BCUT2D eigenvalue weighted by atomic mass is 16.1. The number of hydrogen-bond donors (Lipinski definition) is 1. The van der Waals surface area contributed by atoms with Gasteiger partial charge in [-0.15, -0.1) is 0 Å². The molecule has 112 valence electrons. The quantitative estimate of drug-likeness (QED) is 0.919. The number of imidazole rings is 1. The first kappa shape index (κ1) is 14.0. The first-order valence-corrected chi connectivity index (χ1v) is 7.41. The number of nitrogens with one attached hydrogen (secondary N) is 1. The summed E-state index contributed by atoms with van der Waals surface area (Å²) >= 11 is 0. The Hall–Kier alpha value is -1.95. The largest absolute Gasteiger partial charge is 0.333 e. The van der Waals surface area contributed by atoms with Crippen LogP contribution in [0.3, 0.4) is 0 Å². The number of aromatic nitrogens is 4. The lowest BCUT2D eigenvalue weighted by molar-refractivity contribution is 0.191. The Morgan fingerprint density at radius 1 is 1.43 bits per heavy atom. The average molecular weight is 287 g/mol. The summed E-state index contributed by atoms with van der Waals surface area (Å²) in [6.07, 6.45) is 4.80. The van der Waals surface area contributed by atoms with E-state index >= 15 is 0 Å². The van der Waals surface area contributed by atoms with Crippen molar-refractivity contribution in [1.29, 1.82) is 0 Å². The van der Waals surface area contributed by atoms with Gasteiger partial charge in [0, 0.05) is 44.5 Å². The van der Waals surface area contributed by atoms with Crippen LogP contribution in [0.25, 0.3) is 0 Å². The summed E-state index contributed by atoms with van der Waals surface area (Å²) in [5.41, 5.74) is 1.74. The van der Waals surface area contributed by atoms with E-state index < -0.39 is 0 Å². The maximum Gasteiger partial charge on any atom is 0.255 e. The number of aryl methyl sites for hydroxylation is 2. The van der Waals surface area contributed by atoms with E-state index in [-0.39, 0.29) is 5.56 Å². The topological polar surface area (TPSA) is 66.8 Å². The van der Waals surface area contributed by atoms with Gasteiger partial charge in [0.05, 0.1) is 11.3 Å². The van der Waals surface area contributed by atoms with Crippen LogP contribution in [0.1, 0.15) is 36.8 Å². The zero-order valence-electron chi connectivity index (χ0n) is 12.8. The third-order valence-electron chi connectivity index (χ3n) is 4.14. The summed E-state index contributed by atoms with van der Waals surface area (Å²) in [6, 6.07) is 0.332. The summed E-state index contributed by atoms with van der Waals surface area (Å²) in [7, 11) is 0. The molecule has 21 heavy (non-hydrogen) atoms. The van der Waals surface area contributed by atoms with E-state index in [4.69, 9.17) is 0 Å². The Kier molecular flexibility index (Phi) is 3.63. The predicted molar refractivity (Wildman–Crippen MR) is 79.9 cm³/mol. The number of aromatic amines is 1. The summed E-state index contributed by atoms with van der Waals surface area (Å²) in [5, 5.41) is 0. The van der Waals surface area contributed by atoms with Crippen molar-refractivity contribution in [1.82, 2.24) is 24.4 Å². The molecule has 0 bridgehead atoms. The molecule has 1 N–H and O–H groups in total. The van der Waals surface area contributed by atoms with Gasteiger partial charge in [-0.05, 0) is 13.8 Å². The molecular weight excluding hydrogens is 266 g/mol. The normalized spacial score (nSPS) is 16.1. The van der Waals surface area contributed by atoms with Crippen LogP contribution in [0.15, 0.2) is 17.2 Å². The molecule has 0 aromatic carbocycles. The van der Waals surface area contributed by atoms with Crippen molar-refractivity contribution in [2.45, 2.75) is 52.9 Å². The second-order valence-corrected chi connectivity index (χ2v) is 5.68. The van der Waals surface area contributed by atoms with Gasteiger partial charge in [0.1, 0.15) is 11.6 Å². The zero-order chi connectivity index (χ0) is 15.0. The first-order chi connectivity index (χ1) is 10.1. The van der Waals surface area contributed by atoms with E-state index in [9.17, 15) is 4.79 Å². The second-order valence-electron chi connectivity index (χ2n) is 5.68. The van der Waals surface area contributed by atoms with Gasteiger partial charge in [-0.2, -0.15) is 0 Å². The maximum atomic E-state index is 12.0. The lowest BCUT2D eigenvalue weighted by Gasteiger charge is -2.24. The fourth-order valence-corrected chi connectivity index (χ4v) is 2.95. The van der Waals surface area contributed by atoms with E-state index in [1.165, 1.54) is 0 Å². The van der Waals surface area contributed by atoms with Crippen LogP contribution in [0.2, 0.25) is 0 Å². The summed E-state index contributed by atoms with van der Waals surface area (Å²) in [4.78, 5) is 25.9. The Morgan fingerprint density at radius 2 is 2.24 bits per heavy atom. The van der Waals surface area contributed by atoms with Gasteiger partial charge in [0.25, 0.3) is 5.56 Å². The van der Waals surface area contributed by atoms with E-state index in [2.05, 4.69) is 38.3 Å². The molecule has 2 aromatic heterocycles. The van der Waals surface area contributed by atoms with Crippen molar-refractivity contribution in [3.05, 3.63) is 45.7 Å². The van der Waals surface area contributed by atoms with E-state index in [1.54, 1.807) is 0 Å². The molecule has 0 amide bonds. The molecule has 0 aliphatic carbocycles. The SMILES string of the molecule is CCc1nccn1CC(C)N1Cc2nc(C)[nH]c(=O)c2C1. The first-order valence-electron chi connectivity index (χ1n) is 7.41. The number of nitrogens with zero attached hydrogens (tertiary/aromatic N) is 4. The Morgan fingerprint density at radius 3 is 3.00 bits per heavy atom. The van der Waals surface area contributed by atoms with Gasteiger partial charge in [0.2, 0.25) is 0 Å². The molecule has 6 heteroatoms. The molecule has 0 radical (unpaired) electrons. The molecule has 1 aliphatic heterocycles. The number of hydrogen-bond acceptors (Lipinski definition) is 4. The monoisotopic (exact) mass is 287 g/mol. The number of fused-ring (bicyclic) bond motifs is 1. The second kappa shape index (κ2) is 5.44. The van der Waals surface area contributed by atoms with Gasteiger partial charge in [-0.25, -0.2) is 9.97 Å². The summed E-state index contributed by atoms with van der Waals surface area (Å²) in [6.45, 7) is 8.43. The molecular formula is C15H21N5O. The fraction of sp³-hybridized carbons (Fsp3) is 0.533. The highest BCUT2D eigenvalue weighted by Gasteiger charge is 2.27. The molecule has 1 unspecified atom stereocenters. The van der Waals surface area contributed by atoms with Crippen LogP contribution in [-0.4, -0.2) is 30.5 Å². The van der Waals surface area contributed by atoms with Crippen LogP contribution in [0.4, 0.5) is 0 Å². The van der Waals surface area contributed by atoms with Crippen molar-refractivity contribution in [2.24, 2.45) is 0 Å². The lowest BCUT2D eigenvalue weighted by atomic mass is 10.2. The fourth-order valence-electron chi connectivity index (χ4n) is 2.95. The molecule has 0 fully saturated rings. The van der Waals surface area contributed by atoms with Crippen molar-refractivity contribution in [2.75, 3.05) is 0 Å². The molecule has 0 saturated heterocycles. The summed E-state index contributed by atoms with van der Waals surface area (Å²) < 4.78 is 2.19. The molecule has 0 spiro atoms. The average Bonchev–Trinajstić information content (AvgIpc) is 3.04. The minimum absolute atomic E-state index is 0.00378. The maximum absolute atomic E-state index is 12.0. The Labute approximate surface area is 123 Å². The van der Waals surface area contributed by atoms with Gasteiger partial charge in [-0.3, -0.25) is 9.69 Å². The predicted octanol–water partition coefficient (Wildman–Crippen LogP) is 1.24. The smallest absolute Gasteiger partial charge is 0.255 e. The van der Waals surface area contributed by atoms with Gasteiger partial charge in [0.15, 0.2) is 0 Å². The highest BCUT2D eigenvalue weighted by Crippen LogP contribution is 2.21. The third kappa shape index (κ3) is 2.63.